The highest BCUT2D eigenvalue weighted by atomic mass is 16.3. The monoisotopic (exact) mass is 281 g/mol. The summed E-state index contributed by atoms with van der Waals surface area (Å²) >= 11 is 0. The highest BCUT2D eigenvalue weighted by Crippen LogP contribution is 2.23. The van der Waals surface area contributed by atoms with Gasteiger partial charge in [0, 0.05) is 6.54 Å². The number of aliphatic hydroxyl groups excluding tert-OH is 1. The summed E-state index contributed by atoms with van der Waals surface area (Å²) < 4.78 is 5.01. The Morgan fingerprint density at radius 1 is 1.10 bits per heavy atom. The van der Waals surface area contributed by atoms with Gasteiger partial charge in [0.1, 0.15) is 0 Å². The molecule has 106 valence electrons. The lowest BCUT2D eigenvalue weighted by Gasteiger charge is -2.14. The van der Waals surface area contributed by atoms with Gasteiger partial charge in [0.25, 0.3) is 5.91 Å². The van der Waals surface area contributed by atoms with Gasteiger partial charge in [-0.15, -0.1) is 0 Å². The summed E-state index contributed by atoms with van der Waals surface area (Å²) in [6, 6.07) is 16.8. The molecule has 2 N–H and O–H groups in total. The highest BCUT2D eigenvalue weighted by molar-refractivity contribution is 5.91. The molecule has 0 aliphatic rings. The van der Waals surface area contributed by atoms with Crippen molar-refractivity contribution in [1.29, 1.82) is 0 Å². The summed E-state index contributed by atoms with van der Waals surface area (Å²) in [7, 11) is 0. The lowest BCUT2D eigenvalue weighted by molar-refractivity contribution is 0.0889. The molecule has 0 saturated heterocycles. The van der Waals surface area contributed by atoms with Crippen LogP contribution in [0.15, 0.2) is 65.3 Å². The van der Waals surface area contributed by atoms with E-state index in [4.69, 9.17) is 4.42 Å². The third kappa shape index (κ3) is 2.80. The van der Waals surface area contributed by atoms with Crippen molar-refractivity contribution < 1.29 is 14.3 Å². The number of hydrogen-bond donors (Lipinski definition) is 2. The highest BCUT2D eigenvalue weighted by Gasteiger charge is 2.14. The lowest BCUT2D eigenvalue weighted by Crippen LogP contribution is -2.28. The molecule has 3 rings (SSSR count). The van der Waals surface area contributed by atoms with E-state index in [0.29, 0.717) is 0 Å². The third-order valence-corrected chi connectivity index (χ3v) is 3.38. The summed E-state index contributed by atoms with van der Waals surface area (Å²) in [5.74, 6) is -0.0978. The van der Waals surface area contributed by atoms with Crippen molar-refractivity contribution in [2.75, 3.05) is 6.54 Å². The lowest BCUT2D eigenvalue weighted by atomic mass is 10.0. The van der Waals surface area contributed by atoms with Crippen LogP contribution in [0.1, 0.15) is 22.2 Å². The molecule has 0 aliphatic heterocycles. The van der Waals surface area contributed by atoms with Gasteiger partial charge in [-0.3, -0.25) is 4.79 Å². The van der Waals surface area contributed by atoms with Gasteiger partial charge in [0.15, 0.2) is 5.76 Å². The molecule has 3 aromatic rings. The number of nitrogens with one attached hydrogen (secondary N) is 1. The molecule has 4 heteroatoms. The zero-order valence-corrected chi connectivity index (χ0v) is 11.3. The fourth-order valence-electron chi connectivity index (χ4n) is 2.34. The number of hydrogen-bond acceptors (Lipinski definition) is 3. The van der Waals surface area contributed by atoms with Crippen LogP contribution in [0.3, 0.4) is 0 Å². The van der Waals surface area contributed by atoms with Crippen LogP contribution in [0.5, 0.6) is 0 Å². The predicted octanol–water partition coefficient (Wildman–Crippen LogP) is 2.90. The Bertz CT molecular complexity index is 744. The second kappa shape index (κ2) is 5.81. The molecular weight excluding hydrogens is 266 g/mol. The Hall–Kier alpha value is -2.59. The van der Waals surface area contributed by atoms with Gasteiger partial charge in [-0.25, -0.2) is 0 Å². The summed E-state index contributed by atoms with van der Waals surface area (Å²) in [5.41, 5.74) is 0.799. The van der Waals surface area contributed by atoms with Crippen LogP contribution < -0.4 is 5.32 Å². The van der Waals surface area contributed by atoms with Gasteiger partial charge in [-0.2, -0.15) is 0 Å². The first-order valence-corrected chi connectivity index (χ1v) is 6.73. The summed E-state index contributed by atoms with van der Waals surface area (Å²) in [6.45, 7) is 0.132. The van der Waals surface area contributed by atoms with Gasteiger partial charge in [-0.1, -0.05) is 42.5 Å². The number of carbonyl (C=O) groups is 1. The standard InChI is InChI=1S/C17H15NO3/c19-15(11-18-17(20)16-9-4-10-21-16)14-8-3-6-12-5-1-2-7-13(12)14/h1-10,15,19H,11H2,(H,18,20)/t15-/m1/s1. The maximum Gasteiger partial charge on any atom is 0.287 e. The molecule has 0 fully saturated rings. The van der Waals surface area contributed by atoms with Crippen molar-refractivity contribution in [2.45, 2.75) is 6.10 Å². The Labute approximate surface area is 122 Å². The average molecular weight is 281 g/mol. The van der Waals surface area contributed by atoms with Gasteiger partial charge < -0.3 is 14.8 Å². The molecular formula is C17H15NO3. The quantitative estimate of drug-likeness (QED) is 0.773. The first kappa shape index (κ1) is 13.4. The van der Waals surface area contributed by atoms with E-state index in [2.05, 4.69) is 5.32 Å². The number of rotatable bonds is 4. The maximum absolute atomic E-state index is 11.8. The van der Waals surface area contributed by atoms with Gasteiger partial charge in [0.2, 0.25) is 0 Å². The first-order valence-electron chi connectivity index (χ1n) is 6.73. The van der Waals surface area contributed by atoms with E-state index < -0.39 is 6.10 Å². The molecule has 0 bridgehead atoms. The second-order valence-corrected chi connectivity index (χ2v) is 4.77. The molecule has 0 radical (unpaired) electrons. The molecule has 0 saturated carbocycles. The Kier molecular flexibility index (Phi) is 3.71. The first-order chi connectivity index (χ1) is 10.3. The molecule has 4 nitrogen and oxygen atoms in total. The molecule has 0 unspecified atom stereocenters. The van der Waals surface area contributed by atoms with E-state index in [1.165, 1.54) is 6.26 Å². The summed E-state index contributed by atoms with van der Waals surface area (Å²) in [6.07, 6.45) is 0.672. The normalized spacial score (nSPS) is 12.2. The minimum Gasteiger partial charge on any atom is -0.459 e. The fraction of sp³-hybridized carbons (Fsp3) is 0.118. The zero-order chi connectivity index (χ0) is 14.7. The van der Waals surface area contributed by atoms with Crippen LogP contribution >= 0.6 is 0 Å². The Morgan fingerprint density at radius 2 is 1.90 bits per heavy atom. The molecule has 2 aromatic carbocycles. The van der Waals surface area contributed by atoms with E-state index in [1.807, 2.05) is 42.5 Å². The minimum atomic E-state index is -0.769. The third-order valence-electron chi connectivity index (χ3n) is 3.38. The predicted molar refractivity (Wildman–Crippen MR) is 79.9 cm³/mol. The minimum absolute atomic E-state index is 0.132. The summed E-state index contributed by atoms with van der Waals surface area (Å²) in [5, 5.41) is 15.0. The summed E-state index contributed by atoms with van der Waals surface area (Å²) in [4.78, 5) is 11.8. The van der Waals surface area contributed by atoms with Crippen molar-refractivity contribution in [3.8, 4) is 0 Å². The van der Waals surface area contributed by atoms with Gasteiger partial charge >= 0.3 is 0 Å². The number of furan rings is 1. The zero-order valence-electron chi connectivity index (χ0n) is 11.3. The molecule has 1 amide bonds. The molecule has 21 heavy (non-hydrogen) atoms. The van der Waals surface area contributed by atoms with Crippen molar-refractivity contribution >= 4 is 16.7 Å². The number of fused-ring (bicyclic) bond motifs is 1. The average Bonchev–Trinajstić information content (AvgIpc) is 3.06. The Morgan fingerprint density at radius 3 is 2.71 bits per heavy atom. The molecule has 1 heterocycles. The van der Waals surface area contributed by atoms with Crippen LogP contribution in [-0.4, -0.2) is 17.6 Å². The molecule has 1 atom stereocenters. The van der Waals surface area contributed by atoms with Crippen LogP contribution in [-0.2, 0) is 0 Å². The van der Waals surface area contributed by atoms with E-state index in [1.54, 1.807) is 12.1 Å². The number of amides is 1. The fourth-order valence-corrected chi connectivity index (χ4v) is 2.34. The van der Waals surface area contributed by atoms with Crippen molar-refractivity contribution in [3.63, 3.8) is 0 Å². The number of carbonyl (C=O) groups excluding carboxylic acids is 1. The molecule has 0 spiro atoms. The van der Waals surface area contributed by atoms with Crippen LogP contribution in [0.4, 0.5) is 0 Å². The maximum atomic E-state index is 11.8. The SMILES string of the molecule is O=C(NC[C@@H](O)c1cccc2ccccc12)c1ccco1. The molecule has 0 aliphatic carbocycles. The van der Waals surface area contributed by atoms with Crippen molar-refractivity contribution in [1.82, 2.24) is 5.32 Å². The van der Waals surface area contributed by atoms with Gasteiger partial charge in [-0.05, 0) is 28.5 Å². The second-order valence-electron chi connectivity index (χ2n) is 4.77. The van der Waals surface area contributed by atoms with Crippen LogP contribution in [0, 0.1) is 0 Å². The van der Waals surface area contributed by atoms with E-state index in [0.717, 1.165) is 16.3 Å². The van der Waals surface area contributed by atoms with E-state index in [9.17, 15) is 9.90 Å². The number of benzene rings is 2. The topological polar surface area (TPSA) is 62.5 Å². The largest absolute Gasteiger partial charge is 0.459 e. The van der Waals surface area contributed by atoms with Crippen molar-refractivity contribution in [3.05, 3.63) is 72.2 Å². The smallest absolute Gasteiger partial charge is 0.287 e. The van der Waals surface area contributed by atoms with Crippen LogP contribution in [0.2, 0.25) is 0 Å². The van der Waals surface area contributed by atoms with Crippen molar-refractivity contribution in [2.24, 2.45) is 0 Å². The molecule has 1 aromatic heterocycles. The Balaban J connectivity index is 1.75. The van der Waals surface area contributed by atoms with Gasteiger partial charge in [0.05, 0.1) is 12.4 Å². The van der Waals surface area contributed by atoms with Crippen LogP contribution in [0.25, 0.3) is 10.8 Å². The van der Waals surface area contributed by atoms with E-state index >= 15 is 0 Å². The number of aliphatic hydroxyl groups is 1. The van der Waals surface area contributed by atoms with E-state index in [-0.39, 0.29) is 18.2 Å².